The number of para-hydroxylation sites is 1. The molecule has 2 heterocycles. The fourth-order valence-corrected chi connectivity index (χ4v) is 4.69. The molecule has 0 saturated heterocycles. The van der Waals surface area contributed by atoms with Crippen molar-refractivity contribution in [2.24, 2.45) is 5.41 Å². The highest BCUT2D eigenvalue weighted by Crippen LogP contribution is 2.40. The number of rotatable bonds is 2. The summed E-state index contributed by atoms with van der Waals surface area (Å²) in [6.45, 7) is 4.29. The number of nitrogens with one attached hydrogen (secondary N) is 1. The number of aromatic amines is 1. The van der Waals surface area contributed by atoms with Crippen LogP contribution in [0, 0.1) is 5.41 Å². The average molecular weight is 389 g/mol. The van der Waals surface area contributed by atoms with Gasteiger partial charge in [-0.2, -0.15) is 0 Å². The zero-order valence-corrected chi connectivity index (χ0v) is 16.7. The minimum absolute atomic E-state index is 0.0653. The van der Waals surface area contributed by atoms with Crippen molar-refractivity contribution in [2.75, 3.05) is 0 Å². The van der Waals surface area contributed by atoms with Gasteiger partial charge in [-0.1, -0.05) is 55.8 Å². The molecule has 4 aromatic rings. The maximum Gasteiger partial charge on any atom is 0.165 e. The molecule has 0 fully saturated rings. The second-order valence-corrected chi connectivity index (χ2v) is 8.98. The van der Waals surface area contributed by atoms with Crippen LogP contribution in [0.15, 0.2) is 48.5 Å². The van der Waals surface area contributed by atoms with E-state index in [-0.39, 0.29) is 11.2 Å². The van der Waals surface area contributed by atoms with Crippen LogP contribution in [-0.2, 0) is 12.8 Å². The summed E-state index contributed by atoms with van der Waals surface area (Å²) >= 11 is 6.19. The van der Waals surface area contributed by atoms with Crippen LogP contribution in [0.3, 0.4) is 0 Å². The van der Waals surface area contributed by atoms with Crippen molar-refractivity contribution < 1.29 is 4.79 Å². The smallest absolute Gasteiger partial charge is 0.165 e. The fraction of sp³-hybridized carbons (Fsp3) is 0.250. The Balaban J connectivity index is 1.81. The number of hydrogen-bond donors (Lipinski definition) is 1. The Morgan fingerprint density at radius 1 is 1.11 bits per heavy atom. The second-order valence-electron chi connectivity index (χ2n) is 8.55. The number of pyridine rings is 1. The van der Waals surface area contributed by atoms with Crippen molar-refractivity contribution in [3.63, 3.8) is 0 Å². The van der Waals surface area contributed by atoms with E-state index in [2.05, 4.69) is 37.0 Å². The first-order valence-corrected chi connectivity index (χ1v) is 9.99. The maximum absolute atomic E-state index is 13.1. The molecule has 1 aliphatic carbocycles. The lowest BCUT2D eigenvalue weighted by Crippen LogP contribution is -2.28. The van der Waals surface area contributed by atoms with Crippen molar-refractivity contribution in [1.82, 2.24) is 9.97 Å². The minimum atomic E-state index is -0.0653. The largest absolute Gasteiger partial charge is 0.353 e. The molecule has 0 unspecified atom stereocenters. The van der Waals surface area contributed by atoms with E-state index >= 15 is 0 Å². The number of carbonyl (C=O) groups is 1. The Labute approximate surface area is 168 Å². The summed E-state index contributed by atoms with van der Waals surface area (Å²) in [6.07, 6.45) is 2.04. The number of Topliss-reactive ketones (excluding diaryl/α,β-unsaturated/α-hetero) is 1. The average Bonchev–Trinajstić information content (AvgIpc) is 3.00. The molecule has 0 atom stereocenters. The van der Waals surface area contributed by atoms with Gasteiger partial charge in [0.25, 0.3) is 0 Å². The Kier molecular flexibility index (Phi) is 3.85. The molecule has 1 N–H and O–H groups in total. The molecule has 3 nitrogen and oxygen atoms in total. The van der Waals surface area contributed by atoms with Crippen LogP contribution < -0.4 is 0 Å². The molecule has 0 bridgehead atoms. The zero-order valence-electron chi connectivity index (χ0n) is 16.0. The Hall–Kier alpha value is -2.65. The van der Waals surface area contributed by atoms with Gasteiger partial charge in [0.1, 0.15) is 0 Å². The van der Waals surface area contributed by atoms with Gasteiger partial charge >= 0.3 is 0 Å². The molecule has 28 heavy (non-hydrogen) atoms. The lowest BCUT2D eigenvalue weighted by atomic mass is 9.74. The molecule has 0 amide bonds. The van der Waals surface area contributed by atoms with E-state index in [0.717, 1.165) is 55.8 Å². The minimum Gasteiger partial charge on any atom is -0.353 e. The number of ketones is 1. The van der Waals surface area contributed by atoms with Crippen LogP contribution in [0.25, 0.3) is 21.8 Å². The van der Waals surface area contributed by atoms with Crippen molar-refractivity contribution in [2.45, 2.75) is 33.1 Å². The number of halogens is 1. The molecule has 0 spiro atoms. The van der Waals surface area contributed by atoms with Crippen LogP contribution in [-0.4, -0.2) is 15.8 Å². The predicted octanol–water partition coefficient (Wildman–Crippen LogP) is 6.12. The van der Waals surface area contributed by atoms with Crippen molar-refractivity contribution in [3.8, 4) is 0 Å². The lowest BCUT2D eigenvalue weighted by molar-refractivity contribution is 0.0912. The molecule has 2 aromatic heterocycles. The van der Waals surface area contributed by atoms with Crippen LogP contribution >= 0.6 is 11.6 Å². The van der Waals surface area contributed by atoms with E-state index in [9.17, 15) is 4.79 Å². The highest BCUT2D eigenvalue weighted by molar-refractivity contribution is 6.30. The first kappa shape index (κ1) is 17.4. The van der Waals surface area contributed by atoms with E-state index in [4.69, 9.17) is 16.6 Å². The van der Waals surface area contributed by atoms with Gasteiger partial charge < -0.3 is 4.98 Å². The van der Waals surface area contributed by atoms with Gasteiger partial charge in [0, 0.05) is 39.7 Å². The van der Waals surface area contributed by atoms with Gasteiger partial charge in [0.2, 0.25) is 0 Å². The third kappa shape index (κ3) is 2.82. The van der Waals surface area contributed by atoms with E-state index in [1.165, 1.54) is 0 Å². The van der Waals surface area contributed by atoms with Gasteiger partial charge in [-0.15, -0.1) is 0 Å². The van der Waals surface area contributed by atoms with E-state index < -0.39 is 0 Å². The molecule has 2 aromatic carbocycles. The molecular formula is C24H21ClN2O. The van der Waals surface area contributed by atoms with E-state index in [0.29, 0.717) is 12.8 Å². The van der Waals surface area contributed by atoms with Crippen molar-refractivity contribution in [1.29, 1.82) is 0 Å². The monoisotopic (exact) mass is 388 g/mol. The predicted molar refractivity (Wildman–Crippen MR) is 114 cm³/mol. The summed E-state index contributed by atoms with van der Waals surface area (Å²) < 4.78 is 0. The molecule has 0 saturated carbocycles. The summed E-state index contributed by atoms with van der Waals surface area (Å²) in [5.41, 5.74) is 5.76. The first-order chi connectivity index (χ1) is 13.4. The zero-order chi connectivity index (χ0) is 19.5. The highest BCUT2D eigenvalue weighted by atomic mass is 35.5. The second kappa shape index (κ2) is 6.18. The molecule has 4 heteroatoms. The molecule has 0 radical (unpaired) electrons. The van der Waals surface area contributed by atoms with Gasteiger partial charge in [-0.3, -0.25) is 9.78 Å². The molecule has 0 aliphatic heterocycles. The quantitative estimate of drug-likeness (QED) is 0.450. The van der Waals surface area contributed by atoms with Gasteiger partial charge in [0.05, 0.1) is 16.9 Å². The van der Waals surface area contributed by atoms with Gasteiger partial charge in [-0.05, 0) is 35.6 Å². The summed E-state index contributed by atoms with van der Waals surface area (Å²) in [4.78, 5) is 21.6. The molecular weight excluding hydrogens is 368 g/mol. The Bertz CT molecular complexity index is 1250. The first-order valence-electron chi connectivity index (χ1n) is 9.61. The standard InChI is InChI=1S/C24H21ClN2O/c1-24(2)12-19-22(20(28)13-24)21-16-8-3-4-9-17(16)27-23(21)18(26-19)11-14-6-5-7-15(25)10-14/h3-10,27H,11-13H2,1-2H3. The van der Waals surface area contributed by atoms with Crippen LogP contribution in [0.2, 0.25) is 5.02 Å². The normalized spacial score (nSPS) is 15.9. The fourth-order valence-electron chi connectivity index (χ4n) is 4.47. The van der Waals surface area contributed by atoms with Crippen LogP contribution in [0.5, 0.6) is 0 Å². The lowest BCUT2D eigenvalue weighted by Gasteiger charge is -2.30. The van der Waals surface area contributed by atoms with Crippen molar-refractivity contribution >= 4 is 39.2 Å². The molecule has 1 aliphatic rings. The Morgan fingerprint density at radius 2 is 1.93 bits per heavy atom. The van der Waals surface area contributed by atoms with Crippen LogP contribution in [0.1, 0.15) is 47.6 Å². The summed E-state index contributed by atoms with van der Waals surface area (Å²) in [6, 6.07) is 16.1. The maximum atomic E-state index is 13.1. The van der Waals surface area contributed by atoms with E-state index in [1.807, 2.05) is 30.3 Å². The SMILES string of the molecule is CC1(C)CC(=O)c2c(nc(Cc3cccc(Cl)c3)c3[nH]c4ccccc4c23)C1. The number of benzene rings is 2. The number of nitrogens with zero attached hydrogens (tertiary/aromatic N) is 1. The number of aromatic nitrogens is 2. The van der Waals surface area contributed by atoms with Crippen LogP contribution in [0.4, 0.5) is 0 Å². The number of hydrogen-bond acceptors (Lipinski definition) is 2. The summed E-state index contributed by atoms with van der Waals surface area (Å²) in [5.74, 6) is 0.197. The third-order valence-corrected chi connectivity index (χ3v) is 5.86. The summed E-state index contributed by atoms with van der Waals surface area (Å²) in [7, 11) is 0. The van der Waals surface area contributed by atoms with Gasteiger partial charge in [0.15, 0.2) is 5.78 Å². The number of H-pyrrole nitrogens is 1. The van der Waals surface area contributed by atoms with Gasteiger partial charge in [-0.25, -0.2) is 0 Å². The third-order valence-electron chi connectivity index (χ3n) is 5.63. The topological polar surface area (TPSA) is 45.8 Å². The van der Waals surface area contributed by atoms with Crippen molar-refractivity contribution in [3.05, 3.63) is 76.1 Å². The number of carbonyl (C=O) groups excluding carboxylic acids is 1. The highest BCUT2D eigenvalue weighted by Gasteiger charge is 2.34. The molecule has 5 rings (SSSR count). The molecule has 140 valence electrons. The van der Waals surface area contributed by atoms with E-state index in [1.54, 1.807) is 0 Å². The Morgan fingerprint density at radius 3 is 2.75 bits per heavy atom. The number of fused-ring (bicyclic) bond motifs is 5. The summed E-state index contributed by atoms with van der Waals surface area (Å²) in [5, 5.41) is 2.84.